The van der Waals surface area contributed by atoms with Gasteiger partial charge in [0.1, 0.15) is 0 Å². The zero-order valence-corrected chi connectivity index (χ0v) is 9.01. The predicted molar refractivity (Wildman–Crippen MR) is 52.7 cm³/mol. The number of halogens is 1. The van der Waals surface area contributed by atoms with Gasteiger partial charge in [0.15, 0.2) is 0 Å². The minimum atomic E-state index is -3.14. The molecule has 1 rings (SSSR count). The van der Waals surface area contributed by atoms with Gasteiger partial charge in [-0.15, -0.1) is 0 Å². The molecule has 1 aromatic rings. The Balaban J connectivity index is 3.13. The number of hydrogen-bond acceptors (Lipinski definition) is 3. The molecule has 0 amide bonds. The normalized spacial score (nSPS) is 11.6. The van der Waals surface area contributed by atoms with E-state index in [2.05, 4.69) is 0 Å². The van der Waals surface area contributed by atoms with Crippen LogP contribution in [0.25, 0.3) is 0 Å². The zero-order valence-electron chi connectivity index (χ0n) is 7.36. The molecular weight excluding hydrogens is 211 g/mol. The lowest BCUT2D eigenvalue weighted by Gasteiger charge is -2.13. The molecule has 5 heteroatoms. The van der Waals surface area contributed by atoms with Crippen LogP contribution in [-0.2, 0) is 13.6 Å². The number of rotatable bonds is 3. The van der Waals surface area contributed by atoms with Crippen molar-refractivity contribution in [1.29, 1.82) is 0 Å². The average Bonchev–Trinajstić information content (AvgIpc) is 2.17. The van der Waals surface area contributed by atoms with Crippen molar-refractivity contribution in [3.63, 3.8) is 0 Å². The minimum Gasteiger partial charge on any atom is -0.309 e. The molecule has 0 aliphatic carbocycles. The molecule has 0 unspecified atom stereocenters. The van der Waals surface area contributed by atoms with Crippen molar-refractivity contribution in [1.82, 2.24) is 0 Å². The van der Waals surface area contributed by atoms with E-state index in [1.165, 1.54) is 14.2 Å². The summed E-state index contributed by atoms with van der Waals surface area (Å²) in [5.74, 6) is 0. The molecule has 0 fully saturated rings. The van der Waals surface area contributed by atoms with Crippen molar-refractivity contribution < 1.29 is 13.6 Å². The summed E-state index contributed by atoms with van der Waals surface area (Å²) >= 11 is 5.73. The molecule has 0 aliphatic rings. The quantitative estimate of drug-likeness (QED) is 0.734. The van der Waals surface area contributed by atoms with Gasteiger partial charge in [-0.25, -0.2) is 0 Å². The first-order valence-corrected chi connectivity index (χ1v) is 5.52. The minimum absolute atomic E-state index is 0.463. The van der Waals surface area contributed by atoms with Gasteiger partial charge in [0, 0.05) is 19.2 Å². The Morgan fingerprint density at radius 1 is 1.31 bits per heavy atom. The highest BCUT2D eigenvalue weighted by atomic mass is 35.5. The Kier molecular flexibility index (Phi) is 3.51. The van der Waals surface area contributed by atoms with Gasteiger partial charge in [0.2, 0.25) is 0 Å². The largest absolute Gasteiger partial charge is 0.360 e. The maximum absolute atomic E-state index is 11.8. The smallest absolute Gasteiger partial charge is 0.309 e. The third kappa shape index (κ3) is 2.32. The first-order valence-electron chi connectivity index (χ1n) is 3.60. The van der Waals surface area contributed by atoms with Gasteiger partial charge < -0.3 is 9.05 Å². The highest BCUT2D eigenvalue weighted by Crippen LogP contribution is 2.45. The predicted octanol–water partition coefficient (Wildman–Crippen LogP) is 2.45. The van der Waals surface area contributed by atoms with Crippen LogP contribution in [0.3, 0.4) is 0 Å². The monoisotopic (exact) mass is 220 g/mol. The molecule has 1 aromatic carbocycles. The molecule has 0 heterocycles. The fourth-order valence-corrected chi connectivity index (χ4v) is 2.33. The molecule has 0 spiro atoms. The molecule has 0 N–H and O–H groups in total. The Hall–Kier alpha value is -0.340. The second kappa shape index (κ2) is 4.25. The van der Waals surface area contributed by atoms with Crippen LogP contribution in [-0.4, -0.2) is 14.2 Å². The summed E-state index contributed by atoms with van der Waals surface area (Å²) in [5.41, 5.74) is 0. The lowest BCUT2D eigenvalue weighted by molar-refractivity contribution is 0.287. The maximum atomic E-state index is 11.8. The van der Waals surface area contributed by atoms with Crippen LogP contribution < -0.4 is 5.30 Å². The molecule has 0 bridgehead atoms. The van der Waals surface area contributed by atoms with Crippen molar-refractivity contribution in [3.8, 4) is 0 Å². The SMILES string of the molecule is COP(=O)(OC)c1cccc(Cl)c1. The second-order valence-corrected chi connectivity index (χ2v) is 5.02. The summed E-state index contributed by atoms with van der Waals surface area (Å²) in [7, 11) is -0.468. The van der Waals surface area contributed by atoms with Gasteiger partial charge in [-0.05, 0) is 18.2 Å². The van der Waals surface area contributed by atoms with E-state index in [9.17, 15) is 4.57 Å². The maximum Gasteiger partial charge on any atom is 0.360 e. The standard InChI is InChI=1S/C8H10ClO3P/c1-11-13(10,12-2)8-5-3-4-7(9)6-8/h3-6H,1-2H3. The summed E-state index contributed by atoms with van der Waals surface area (Å²) in [6.45, 7) is 0. The van der Waals surface area contributed by atoms with Gasteiger partial charge >= 0.3 is 7.60 Å². The third-order valence-corrected chi connectivity index (χ3v) is 3.71. The molecule has 13 heavy (non-hydrogen) atoms. The van der Waals surface area contributed by atoms with Crippen LogP contribution in [0.4, 0.5) is 0 Å². The first-order chi connectivity index (χ1) is 6.12. The van der Waals surface area contributed by atoms with Gasteiger partial charge in [-0.3, -0.25) is 4.57 Å². The van der Waals surface area contributed by atoms with Crippen LogP contribution in [0, 0.1) is 0 Å². The molecule has 0 saturated heterocycles. The molecule has 0 atom stereocenters. The van der Waals surface area contributed by atoms with E-state index in [0.717, 1.165) is 0 Å². The topological polar surface area (TPSA) is 35.5 Å². The second-order valence-electron chi connectivity index (χ2n) is 2.34. The van der Waals surface area contributed by atoms with E-state index in [1.54, 1.807) is 24.3 Å². The molecule has 0 aromatic heterocycles. The third-order valence-electron chi connectivity index (χ3n) is 1.61. The highest BCUT2D eigenvalue weighted by Gasteiger charge is 2.23. The Labute approximate surface area is 82.2 Å². The van der Waals surface area contributed by atoms with Crippen LogP contribution in [0.2, 0.25) is 5.02 Å². The highest BCUT2D eigenvalue weighted by molar-refractivity contribution is 7.62. The molecule has 0 radical (unpaired) electrons. The Bertz CT molecular complexity index is 332. The summed E-state index contributed by atoms with van der Waals surface area (Å²) in [5, 5.41) is 0.969. The van der Waals surface area contributed by atoms with Crippen molar-refractivity contribution >= 4 is 24.5 Å². The molecular formula is C8H10ClO3P. The number of hydrogen-bond donors (Lipinski definition) is 0. The first kappa shape index (κ1) is 10.7. The Morgan fingerprint density at radius 3 is 2.38 bits per heavy atom. The van der Waals surface area contributed by atoms with Gasteiger partial charge in [0.25, 0.3) is 0 Å². The molecule has 72 valence electrons. The van der Waals surface area contributed by atoms with Crippen molar-refractivity contribution in [2.45, 2.75) is 0 Å². The zero-order chi connectivity index (χ0) is 9.90. The summed E-state index contributed by atoms with van der Waals surface area (Å²) in [6, 6.07) is 6.61. The van der Waals surface area contributed by atoms with Gasteiger partial charge in [0.05, 0.1) is 5.30 Å². The fraction of sp³-hybridized carbons (Fsp3) is 0.250. The summed E-state index contributed by atoms with van der Waals surface area (Å²) in [6.07, 6.45) is 0. The van der Waals surface area contributed by atoms with Crippen LogP contribution >= 0.6 is 19.2 Å². The lowest BCUT2D eigenvalue weighted by atomic mass is 10.4. The van der Waals surface area contributed by atoms with E-state index in [1.807, 2.05) is 0 Å². The van der Waals surface area contributed by atoms with Crippen LogP contribution in [0.5, 0.6) is 0 Å². The average molecular weight is 221 g/mol. The van der Waals surface area contributed by atoms with E-state index in [-0.39, 0.29) is 0 Å². The van der Waals surface area contributed by atoms with Crippen molar-refractivity contribution in [3.05, 3.63) is 29.3 Å². The van der Waals surface area contributed by atoms with Crippen LogP contribution in [0.15, 0.2) is 24.3 Å². The van der Waals surface area contributed by atoms with Crippen molar-refractivity contribution in [2.24, 2.45) is 0 Å². The number of benzene rings is 1. The van der Waals surface area contributed by atoms with E-state index in [4.69, 9.17) is 20.6 Å². The van der Waals surface area contributed by atoms with E-state index < -0.39 is 7.60 Å². The summed E-state index contributed by atoms with van der Waals surface area (Å²) < 4.78 is 21.4. The van der Waals surface area contributed by atoms with E-state index >= 15 is 0 Å². The Morgan fingerprint density at radius 2 is 1.92 bits per heavy atom. The van der Waals surface area contributed by atoms with Crippen LogP contribution in [0.1, 0.15) is 0 Å². The molecule has 0 saturated carbocycles. The molecule has 3 nitrogen and oxygen atoms in total. The summed E-state index contributed by atoms with van der Waals surface area (Å²) in [4.78, 5) is 0. The molecule has 0 aliphatic heterocycles. The van der Waals surface area contributed by atoms with Crippen molar-refractivity contribution in [2.75, 3.05) is 14.2 Å². The van der Waals surface area contributed by atoms with Gasteiger partial charge in [-0.2, -0.15) is 0 Å². The lowest BCUT2D eigenvalue weighted by Crippen LogP contribution is -2.06. The fourth-order valence-electron chi connectivity index (χ4n) is 0.932. The van der Waals surface area contributed by atoms with E-state index in [0.29, 0.717) is 10.3 Å². The van der Waals surface area contributed by atoms with Gasteiger partial charge in [-0.1, -0.05) is 17.7 Å².